The van der Waals surface area contributed by atoms with Gasteiger partial charge in [0.25, 0.3) is 5.91 Å². The van der Waals surface area contributed by atoms with Crippen LogP contribution in [0.15, 0.2) is 52.7 Å². The first-order valence-corrected chi connectivity index (χ1v) is 13.8. The lowest BCUT2D eigenvalue weighted by Crippen LogP contribution is -2.31. The summed E-state index contributed by atoms with van der Waals surface area (Å²) in [6, 6.07) is 10.6. The summed E-state index contributed by atoms with van der Waals surface area (Å²) in [7, 11) is 5.85. The fourth-order valence-corrected chi connectivity index (χ4v) is 3.97. The maximum Gasteiger partial charge on any atom is 0.258 e. The predicted molar refractivity (Wildman–Crippen MR) is 165 cm³/mol. The van der Waals surface area contributed by atoms with Crippen molar-refractivity contribution >= 4 is 58.2 Å². The van der Waals surface area contributed by atoms with Gasteiger partial charge in [-0.1, -0.05) is 6.07 Å². The second-order valence-corrected chi connectivity index (χ2v) is 10.1. The quantitative estimate of drug-likeness (QED) is 0.0868. The molecule has 1 unspecified atom stereocenters. The smallest absolute Gasteiger partial charge is 0.258 e. The number of azo groups is 1. The number of hydrogen-bond acceptors (Lipinski definition) is 13. The number of carbonyl (C=O) groups excluding carboxylic acids is 3. The molecule has 0 saturated heterocycles. The SMILES string of the molecule is CNCCNc1nc(NCCN(C)C)nc(Nc2ccc(N=NC(C(C)=O)C(=O)Nc3ccc4c(c3)NC(=O)C4)cc2)n1. The van der Waals surface area contributed by atoms with E-state index in [-0.39, 0.29) is 5.91 Å². The number of Topliss-reactive ketones (excluding diaryl/α,β-unsaturated/α-hetero) is 1. The van der Waals surface area contributed by atoms with Gasteiger partial charge in [0.2, 0.25) is 29.8 Å². The minimum absolute atomic E-state index is 0.109. The number of hydrogen-bond donors (Lipinski definition) is 6. The van der Waals surface area contributed by atoms with Crippen LogP contribution in [0.2, 0.25) is 0 Å². The molecule has 43 heavy (non-hydrogen) atoms. The first kappa shape index (κ1) is 30.9. The molecule has 2 heterocycles. The molecule has 226 valence electrons. The minimum atomic E-state index is -1.34. The fourth-order valence-electron chi connectivity index (χ4n) is 3.97. The average molecular weight is 589 g/mol. The monoisotopic (exact) mass is 588 g/mol. The Bertz CT molecular complexity index is 1480. The molecule has 0 saturated carbocycles. The summed E-state index contributed by atoms with van der Waals surface area (Å²) >= 11 is 0. The van der Waals surface area contributed by atoms with Crippen molar-refractivity contribution in [3.8, 4) is 0 Å². The van der Waals surface area contributed by atoms with Crippen LogP contribution in [0.3, 0.4) is 0 Å². The summed E-state index contributed by atoms with van der Waals surface area (Å²) < 4.78 is 0. The van der Waals surface area contributed by atoms with Crippen molar-refractivity contribution in [2.24, 2.45) is 10.2 Å². The van der Waals surface area contributed by atoms with Gasteiger partial charge in [0.15, 0.2) is 5.78 Å². The van der Waals surface area contributed by atoms with Crippen LogP contribution in [0.5, 0.6) is 0 Å². The van der Waals surface area contributed by atoms with Crippen LogP contribution >= 0.6 is 0 Å². The van der Waals surface area contributed by atoms with E-state index < -0.39 is 17.7 Å². The number of ketones is 1. The highest BCUT2D eigenvalue weighted by atomic mass is 16.2. The number of aromatic nitrogens is 3. The van der Waals surface area contributed by atoms with Gasteiger partial charge in [-0.15, -0.1) is 0 Å². The molecule has 15 nitrogen and oxygen atoms in total. The summed E-state index contributed by atoms with van der Waals surface area (Å²) in [5.41, 5.74) is 3.06. The van der Waals surface area contributed by atoms with Crippen molar-refractivity contribution in [3.05, 3.63) is 48.0 Å². The average Bonchev–Trinajstić information content (AvgIpc) is 3.33. The summed E-state index contributed by atoms with van der Waals surface area (Å²) in [4.78, 5) is 52.0. The van der Waals surface area contributed by atoms with Crippen molar-refractivity contribution in [2.45, 2.75) is 19.4 Å². The van der Waals surface area contributed by atoms with E-state index in [4.69, 9.17) is 0 Å². The van der Waals surface area contributed by atoms with E-state index in [1.54, 1.807) is 42.5 Å². The van der Waals surface area contributed by atoms with Gasteiger partial charge < -0.3 is 36.8 Å². The second-order valence-electron chi connectivity index (χ2n) is 10.1. The molecule has 0 spiro atoms. The van der Waals surface area contributed by atoms with Gasteiger partial charge in [0, 0.05) is 43.2 Å². The van der Waals surface area contributed by atoms with Gasteiger partial charge in [0.1, 0.15) is 0 Å². The number of anilines is 6. The van der Waals surface area contributed by atoms with Crippen molar-refractivity contribution in [2.75, 3.05) is 73.9 Å². The Kier molecular flexibility index (Phi) is 10.6. The van der Waals surface area contributed by atoms with E-state index >= 15 is 0 Å². The molecule has 1 aliphatic rings. The highest BCUT2D eigenvalue weighted by Gasteiger charge is 2.24. The van der Waals surface area contributed by atoms with Crippen molar-refractivity contribution in [3.63, 3.8) is 0 Å². The number of amides is 2. The highest BCUT2D eigenvalue weighted by molar-refractivity contribution is 6.10. The lowest BCUT2D eigenvalue weighted by molar-refractivity contribution is -0.126. The van der Waals surface area contributed by atoms with Gasteiger partial charge >= 0.3 is 0 Å². The number of carbonyl (C=O) groups is 3. The molecular formula is C28H36N12O3. The molecule has 2 aromatic carbocycles. The molecule has 0 radical (unpaired) electrons. The first-order valence-electron chi connectivity index (χ1n) is 13.8. The summed E-state index contributed by atoms with van der Waals surface area (Å²) in [5, 5.41) is 26.1. The molecule has 1 aromatic heterocycles. The van der Waals surface area contributed by atoms with E-state index in [1.165, 1.54) is 6.92 Å². The van der Waals surface area contributed by atoms with Crippen molar-refractivity contribution in [1.29, 1.82) is 0 Å². The van der Waals surface area contributed by atoms with Crippen LogP contribution in [0.4, 0.5) is 40.6 Å². The molecule has 0 fully saturated rings. The fraction of sp³-hybridized carbons (Fsp3) is 0.357. The molecule has 1 aliphatic heterocycles. The molecule has 0 bridgehead atoms. The molecular weight excluding hydrogens is 552 g/mol. The predicted octanol–water partition coefficient (Wildman–Crippen LogP) is 2.39. The number of rotatable bonds is 15. The van der Waals surface area contributed by atoms with E-state index in [0.717, 1.165) is 18.7 Å². The summed E-state index contributed by atoms with van der Waals surface area (Å²) in [6.45, 7) is 4.14. The number of fused-ring (bicyclic) bond motifs is 1. The number of nitrogens with one attached hydrogen (secondary N) is 6. The van der Waals surface area contributed by atoms with Crippen LogP contribution in [0.1, 0.15) is 12.5 Å². The second kappa shape index (κ2) is 14.7. The third-order valence-electron chi connectivity index (χ3n) is 6.18. The lowest BCUT2D eigenvalue weighted by Gasteiger charge is -2.13. The molecule has 3 aromatic rings. The van der Waals surface area contributed by atoms with Gasteiger partial charge in [-0.05, 0) is 70.0 Å². The van der Waals surface area contributed by atoms with Gasteiger partial charge in [-0.3, -0.25) is 14.4 Å². The zero-order valence-corrected chi connectivity index (χ0v) is 24.6. The Morgan fingerprint density at radius 2 is 1.63 bits per heavy atom. The van der Waals surface area contributed by atoms with E-state index in [2.05, 4.69) is 62.0 Å². The largest absolute Gasteiger partial charge is 0.353 e. The standard InChI is InChI=1S/C28H36N12O3/c1-17(41)24(25(43)32-21-6-5-18-15-23(42)34-22(18)16-21)39-38-20-9-7-19(8-10-20)33-28-36-26(30-12-11-29-2)35-27(37-28)31-13-14-40(3)4/h5-10,16,24,29H,11-15H2,1-4H3,(H,32,43)(H,34,42)(H3,30,31,33,35,36,37). The molecule has 1 atom stereocenters. The van der Waals surface area contributed by atoms with Crippen LogP contribution in [0, 0.1) is 0 Å². The Balaban J connectivity index is 1.40. The lowest BCUT2D eigenvalue weighted by atomic mass is 10.1. The third-order valence-corrected chi connectivity index (χ3v) is 6.18. The van der Waals surface area contributed by atoms with Crippen molar-refractivity contribution < 1.29 is 14.4 Å². The summed E-state index contributed by atoms with van der Waals surface area (Å²) in [6.07, 6.45) is 0.294. The number of nitrogens with zero attached hydrogens (tertiary/aromatic N) is 6. The minimum Gasteiger partial charge on any atom is -0.353 e. The van der Waals surface area contributed by atoms with Crippen LogP contribution in [-0.4, -0.2) is 90.8 Å². The Labute approximate surface area is 249 Å². The molecule has 0 aliphatic carbocycles. The first-order chi connectivity index (χ1) is 20.7. The van der Waals surface area contributed by atoms with Crippen LogP contribution < -0.4 is 31.9 Å². The highest BCUT2D eigenvalue weighted by Crippen LogP contribution is 2.27. The maximum absolute atomic E-state index is 12.8. The van der Waals surface area contributed by atoms with E-state index in [9.17, 15) is 14.4 Å². The van der Waals surface area contributed by atoms with Gasteiger partial charge in [-0.2, -0.15) is 25.2 Å². The maximum atomic E-state index is 12.8. The molecule has 2 amide bonds. The van der Waals surface area contributed by atoms with E-state index in [1.807, 2.05) is 21.1 Å². The number of likely N-dealkylation sites (N-methyl/N-ethyl adjacent to an activating group) is 2. The zero-order valence-electron chi connectivity index (χ0n) is 24.6. The molecule has 4 rings (SSSR count). The Morgan fingerprint density at radius 3 is 2.30 bits per heavy atom. The zero-order chi connectivity index (χ0) is 30.8. The normalized spacial score (nSPS) is 13.0. The number of benzene rings is 2. The Morgan fingerprint density at radius 1 is 0.953 bits per heavy atom. The van der Waals surface area contributed by atoms with E-state index in [0.29, 0.717) is 60.1 Å². The molecule has 15 heteroatoms. The summed E-state index contributed by atoms with van der Waals surface area (Å²) in [5.74, 6) is 0.0326. The van der Waals surface area contributed by atoms with Crippen LogP contribution in [-0.2, 0) is 20.8 Å². The topological polar surface area (TPSA) is 190 Å². The van der Waals surface area contributed by atoms with Crippen LogP contribution in [0.25, 0.3) is 0 Å². The Hall–Kier alpha value is -5.02. The molecule has 6 N–H and O–H groups in total. The van der Waals surface area contributed by atoms with Gasteiger partial charge in [0.05, 0.1) is 12.1 Å². The third kappa shape index (κ3) is 9.24. The van der Waals surface area contributed by atoms with Crippen molar-refractivity contribution in [1.82, 2.24) is 25.2 Å². The van der Waals surface area contributed by atoms with Gasteiger partial charge in [-0.25, -0.2) is 0 Å².